The summed E-state index contributed by atoms with van der Waals surface area (Å²) in [5.41, 5.74) is 1.79. The van der Waals surface area contributed by atoms with Gasteiger partial charge >= 0.3 is 5.97 Å². The largest absolute Gasteiger partial charge is 0.497 e. The summed E-state index contributed by atoms with van der Waals surface area (Å²) in [6.07, 6.45) is 0.556. The van der Waals surface area contributed by atoms with Crippen LogP contribution in [-0.4, -0.2) is 23.3 Å². The van der Waals surface area contributed by atoms with E-state index in [1.165, 1.54) is 0 Å². The number of nitrogens with zero attached hydrogens (tertiary/aromatic N) is 2. The fourth-order valence-electron chi connectivity index (χ4n) is 2.02. The maximum Gasteiger partial charge on any atom is 0.306 e. The summed E-state index contributed by atoms with van der Waals surface area (Å²) in [6, 6.07) is 9.28. The topological polar surface area (TPSA) is 74.5 Å². The Morgan fingerprint density at radius 2 is 2.04 bits per heavy atom. The van der Waals surface area contributed by atoms with Crippen molar-refractivity contribution in [3.63, 3.8) is 0 Å². The van der Waals surface area contributed by atoms with Crippen molar-refractivity contribution in [1.82, 2.24) is 10.2 Å². The first-order valence-corrected chi connectivity index (χ1v) is 8.32. The highest BCUT2D eigenvalue weighted by Gasteiger charge is 2.11. The van der Waals surface area contributed by atoms with Gasteiger partial charge in [-0.05, 0) is 29.1 Å². The van der Waals surface area contributed by atoms with E-state index in [1.807, 2.05) is 41.1 Å². The Hall–Kier alpha value is -2.67. The van der Waals surface area contributed by atoms with E-state index < -0.39 is 0 Å². The molecule has 3 aromatic rings. The number of methoxy groups -OCH3 is 1. The van der Waals surface area contributed by atoms with Crippen LogP contribution in [0.4, 0.5) is 0 Å². The second kappa shape index (κ2) is 7.74. The van der Waals surface area contributed by atoms with Gasteiger partial charge in [-0.1, -0.05) is 12.1 Å². The minimum Gasteiger partial charge on any atom is -0.497 e. The van der Waals surface area contributed by atoms with Crippen molar-refractivity contribution < 1.29 is 18.7 Å². The molecule has 2 heterocycles. The number of hydrogen-bond acceptors (Lipinski definition) is 7. The van der Waals surface area contributed by atoms with Crippen LogP contribution in [0.3, 0.4) is 0 Å². The van der Waals surface area contributed by atoms with Crippen molar-refractivity contribution in [3.8, 4) is 17.2 Å². The van der Waals surface area contributed by atoms with E-state index in [0.29, 0.717) is 18.2 Å². The van der Waals surface area contributed by atoms with Gasteiger partial charge in [-0.3, -0.25) is 4.79 Å². The average Bonchev–Trinajstić information content (AvgIpc) is 3.29. The first-order chi connectivity index (χ1) is 11.7. The number of aryl methyl sites for hydroxylation is 1. The average molecular weight is 344 g/mol. The molecule has 0 radical (unpaired) electrons. The van der Waals surface area contributed by atoms with E-state index in [2.05, 4.69) is 10.2 Å². The minimum absolute atomic E-state index is 0.196. The number of carbonyl (C=O) groups excluding carboxylic acids is 1. The van der Waals surface area contributed by atoms with Crippen molar-refractivity contribution in [3.05, 3.63) is 52.5 Å². The van der Waals surface area contributed by atoms with E-state index in [0.717, 1.165) is 16.9 Å². The third-order valence-corrected chi connectivity index (χ3v) is 4.02. The molecule has 0 saturated heterocycles. The van der Waals surface area contributed by atoms with E-state index >= 15 is 0 Å². The molecule has 0 N–H and O–H groups in total. The van der Waals surface area contributed by atoms with Crippen molar-refractivity contribution in [2.24, 2.45) is 0 Å². The molecule has 0 fully saturated rings. The number of rotatable bonds is 7. The number of hydrogen-bond donors (Lipinski definition) is 0. The van der Waals surface area contributed by atoms with Gasteiger partial charge in [0.1, 0.15) is 12.4 Å². The van der Waals surface area contributed by atoms with Crippen LogP contribution in [0.25, 0.3) is 11.5 Å². The highest BCUT2D eigenvalue weighted by Crippen LogP contribution is 2.20. The number of benzene rings is 1. The molecule has 0 saturated carbocycles. The van der Waals surface area contributed by atoms with Gasteiger partial charge in [-0.25, -0.2) is 0 Å². The second-order valence-corrected chi connectivity index (χ2v) is 5.80. The van der Waals surface area contributed by atoms with Crippen LogP contribution in [0.5, 0.6) is 5.75 Å². The molecule has 0 amide bonds. The number of ether oxygens (including phenoxy) is 2. The Balaban J connectivity index is 1.45. The number of aromatic nitrogens is 2. The van der Waals surface area contributed by atoms with E-state index in [1.54, 1.807) is 18.4 Å². The molecule has 0 atom stereocenters. The summed E-state index contributed by atoms with van der Waals surface area (Å²) in [4.78, 5) is 11.8. The predicted octanol–water partition coefficient (Wildman–Crippen LogP) is 3.48. The summed E-state index contributed by atoms with van der Waals surface area (Å²) >= 11 is 1.56. The third-order valence-electron chi connectivity index (χ3n) is 3.34. The van der Waals surface area contributed by atoms with Crippen molar-refractivity contribution in [2.75, 3.05) is 7.11 Å². The molecule has 6 nitrogen and oxygen atoms in total. The number of thiophene rings is 1. The van der Waals surface area contributed by atoms with Crippen LogP contribution >= 0.6 is 11.3 Å². The lowest BCUT2D eigenvalue weighted by atomic mass is 10.2. The van der Waals surface area contributed by atoms with Crippen molar-refractivity contribution in [1.29, 1.82) is 0 Å². The Morgan fingerprint density at radius 3 is 2.75 bits per heavy atom. The molecular formula is C17H16N2O4S. The Bertz CT molecular complexity index is 781. The van der Waals surface area contributed by atoms with Gasteiger partial charge in [-0.2, -0.15) is 11.3 Å². The lowest BCUT2D eigenvalue weighted by Gasteiger charge is -2.05. The molecule has 0 aliphatic carbocycles. The zero-order valence-electron chi connectivity index (χ0n) is 13.1. The molecule has 0 aliphatic heterocycles. The Morgan fingerprint density at radius 1 is 1.21 bits per heavy atom. The highest BCUT2D eigenvalue weighted by atomic mass is 32.1. The van der Waals surface area contributed by atoms with Gasteiger partial charge in [0.2, 0.25) is 11.8 Å². The second-order valence-electron chi connectivity index (χ2n) is 5.02. The van der Waals surface area contributed by atoms with Crippen LogP contribution in [0.15, 0.2) is 45.5 Å². The van der Waals surface area contributed by atoms with E-state index in [-0.39, 0.29) is 19.0 Å². The molecular weight excluding hydrogens is 328 g/mol. The van der Waals surface area contributed by atoms with E-state index in [9.17, 15) is 4.79 Å². The van der Waals surface area contributed by atoms with Crippen molar-refractivity contribution in [2.45, 2.75) is 19.4 Å². The molecule has 24 heavy (non-hydrogen) atoms. The molecule has 2 aromatic heterocycles. The van der Waals surface area contributed by atoms with Gasteiger partial charge in [-0.15, -0.1) is 10.2 Å². The lowest BCUT2D eigenvalue weighted by molar-refractivity contribution is -0.145. The summed E-state index contributed by atoms with van der Waals surface area (Å²) in [5, 5.41) is 11.8. The fourth-order valence-corrected chi connectivity index (χ4v) is 2.65. The molecule has 0 aliphatic rings. The predicted molar refractivity (Wildman–Crippen MR) is 88.7 cm³/mol. The first-order valence-electron chi connectivity index (χ1n) is 7.38. The molecule has 0 spiro atoms. The Labute approximate surface area is 143 Å². The summed E-state index contributed by atoms with van der Waals surface area (Å²) in [6.45, 7) is 0.229. The monoisotopic (exact) mass is 344 g/mol. The van der Waals surface area contributed by atoms with Crippen LogP contribution in [0, 0.1) is 0 Å². The van der Waals surface area contributed by atoms with Crippen LogP contribution in [0.2, 0.25) is 0 Å². The van der Waals surface area contributed by atoms with Gasteiger partial charge in [0.05, 0.1) is 13.5 Å². The van der Waals surface area contributed by atoms with Gasteiger partial charge in [0.15, 0.2) is 0 Å². The standard InChI is InChI=1S/C17H16N2O4S/c1-21-14-4-2-12(3-5-14)10-22-16(20)7-6-15-18-19-17(23-15)13-8-9-24-11-13/h2-5,8-9,11H,6-7,10H2,1H3. The summed E-state index contributed by atoms with van der Waals surface area (Å²) < 4.78 is 15.8. The van der Waals surface area contributed by atoms with Gasteiger partial charge in [0.25, 0.3) is 0 Å². The fraction of sp³-hybridized carbons (Fsp3) is 0.235. The van der Waals surface area contributed by atoms with Crippen LogP contribution in [0.1, 0.15) is 17.9 Å². The first kappa shape index (κ1) is 16.2. The molecule has 1 aromatic carbocycles. The van der Waals surface area contributed by atoms with Crippen LogP contribution < -0.4 is 4.74 Å². The maximum absolute atomic E-state index is 11.8. The zero-order valence-corrected chi connectivity index (χ0v) is 13.9. The molecule has 7 heteroatoms. The minimum atomic E-state index is -0.305. The van der Waals surface area contributed by atoms with Crippen molar-refractivity contribution >= 4 is 17.3 Å². The zero-order chi connectivity index (χ0) is 16.8. The quantitative estimate of drug-likeness (QED) is 0.611. The van der Waals surface area contributed by atoms with Gasteiger partial charge in [0, 0.05) is 17.4 Å². The smallest absolute Gasteiger partial charge is 0.306 e. The molecule has 0 unspecified atom stereocenters. The number of esters is 1. The highest BCUT2D eigenvalue weighted by molar-refractivity contribution is 7.08. The molecule has 3 rings (SSSR count). The Kier molecular flexibility index (Phi) is 5.22. The number of carbonyl (C=O) groups is 1. The third kappa shape index (κ3) is 4.20. The SMILES string of the molecule is COc1ccc(COC(=O)CCc2nnc(-c3ccsc3)o2)cc1. The lowest BCUT2D eigenvalue weighted by Crippen LogP contribution is -2.06. The maximum atomic E-state index is 11.8. The summed E-state index contributed by atoms with van der Waals surface area (Å²) in [5.74, 6) is 1.36. The summed E-state index contributed by atoms with van der Waals surface area (Å²) in [7, 11) is 1.61. The molecule has 0 bridgehead atoms. The van der Waals surface area contributed by atoms with Crippen LogP contribution in [-0.2, 0) is 22.6 Å². The van der Waals surface area contributed by atoms with E-state index in [4.69, 9.17) is 13.9 Å². The normalized spacial score (nSPS) is 10.5. The molecule has 124 valence electrons. The van der Waals surface area contributed by atoms with Gasteiger partial charge < -0.3 is 13.9 Å².